The molecule has 34 heavy (non-hydrogen) atoms. The Morgan fingerprint density at radius 2 is 1.53 bits per heavy atom. The molecule has 7 heteroatoms. The first kappa shape index (κ1) is 25.2. The molecule has 1 heterocycles. The minimum Gasteiger partial charge on any atom is -0.377 e. The predicted octanol–water partition coefficient (Wildman–Crippen LogP) is 4.56. The predicted molar refractivity (Wildman–Crippen MR) is 134 cm³/mol. The van der Waals surface area contributed by atoms with Crippen molar-refractivity contribution in [3.8, 4) is 0 Å². The van der Waals surface area contributed by atoms with Gasteiger partial charge in [-0.05, 0) is 54.7 Å². The fourth-order valence-electron chi connectivity index (χ4n) is 3.66. The summed E-state index contributed by atoms with van der Waals surface area (Å²) in [5, 5.41) is 5.89. The number of nitrogens with one attached hydrogen (secondary N) is 2. The number of nitrogens with zero attached hydrogens (tertiary/aromatic N) is 1. The van der Waals surface area contributed by atoms with Crippen molar-refractivity contribution in [1.82, 2.24) is 4.90 Å². The Bertz CT molecular complexity index is 1090. The molecule has 0 fully saturated rings. The highest BCUT2D eigenvalue weighted by Crippen LogP contribution is 2.32. The Hall–Kier alpha value is -3.45. The molecule has 0 atom stereocenters. The Labute approximate surface area is 201 Å². The van der Waals surface area contributed by atoms with Crippen molar-refractivity contribution in [2.75, 3.05) is 23.8 Å². The van der Waals surface area contributed by atoms with Crippen LogP contribution in [-0.4, -0.2) is 41.9 Å². The number of imide groups is 1. The minimum atomic E-state index is -0.391. The van der Waals surface area contributed by atoms with E-state index in [4.69, 9.17) is 4.74 Å². The molecule has 180 valence electrons. The number of carbonyl (C=O) groups is 3. The normalized spacial score (nSPS) is 14.3. The van der Waals surface area contributed by atoms with Crippen LogP contribution in [0.15, 0.2) is 54.2 Å². The second kappa shape index (κ2) is 10.2. The number of carbonyl (C=O) groups excluding carboxylic acids is 3. The van der Waals surface area contributed by atoms with Crippen molar-refractivity contribution in [3.63, 3.8) is 0 Å². The fraction of sp³-hybridized carbons (Fsp3) is 0.370. The van der Waals surface area contributed by atoms with Gasteiger partial charge in [0, 0.05) is 18.3 Å². The van der Waals surface area contributed by atoms with E-state index in [-0.39, 0.29) is 42.2 Å². The topological polar surface area (TPSA) is 87.7 Å². The smallest absolute Gasteiger partial charge is 0.278 e. The van der Waals surface area contributed by atoms with Crippen molar-refractivity contribution >= 4 is 34.7 Å². The monoisotopic (exact) mass is 463 g/mol. The minimum absolute atomic E-state index is 0.000448. The van der Waals surface area contributed by atoms with Crippen LogP contribution in [0.25, 0.3) is 5.57 Å². The molecular formula is C27H33N3O4. The van der Waals surface area contributed by atoms with Crippen LogP contribution < -0.4 is 10.6 Å². The summed E-state index contributed by atoms with van der Waals surface area (Å²) in [5.41, 5.74) is 3.62. The van der Waals surface area contributed by atoms with E-state index in [9.17, 15) is 14.4 Å². The maximum absolute atomic E-state index is 13.3. The molecule has 0 aromatic heterocycles. The summed E-state index contributed by atoms with van der Waals surface area (Å²) in [5.74, 6) is -0.951. The number of amides is 3. The molecule has 3 rings (SSSR count). The van der Waals surface area contributed by atoms with Gasteiger partial charge in [0.25, 0.3) is 11.8 Å². The molecule has 3 amide bonds. The molecule has 0 unspecified atom stereocenters. The molecule has 7 nitrogen and oxygen atoms in total. The number of hydrogen-bond donors (Lipinski definition) is 2. The van der Waals surface area contributed by atoms with Crippen LogP contribution in [0.5, 0.6) is 0 Å². The summed E-state index contributed by atoms with van der Waals surface area (Å²) in [4.78, 5) is 39.2. The standard InChI is InChI=1S/C27H33N3O4/c1-17(2)34-16-15-30-25(32)23(19-7-11-21(12-8-19)28-18(3)31)24(26(30)33)29-22-13-9-20(10-14-22)27(4,5)6/h7-14,17,29H,15-16H2,1-6H3,(H,28,31). The van der Waals surface area contributed by atoms with Gasteiger partial charge in [0.15, 0.2) is 0 Å². The quantitative estimate of drug-likeness (QED) is 0.561. The van der Waals surface area contributed by atoms with Crippen molar-refractivity contribution in [2.24, 2.45) is 0 Å². The van der Waals surface area contributed by atoms with Gasteiger partial charge in [0.1, 0.15) is 5.70 Å². The van der Waals surface area contributed by atoms with E-state index >= 15 is 0 Å². The molecule has 0 aliphatic carbocycles. The zero-order valence-corrected chi connectivity index (χ0v) is 20.7. The SMILES string of the molecule is CC(=O)Nc1ccc(C2=C(Nc3ccc(C(C)(C)C)cc3)C(=O)N(CCOC(C)C)C2=O)cc1. The highest BCUT2D eigenvalue weighted by Gasteiger charge is 2.39. The Balaban J connectivity index is 1.94. The third-order valence-electron chi connectivity index (χ3n) is 5.45. The molecule has 0 saturated carbocycles. The van der Waals surface area contributed by atoms with Crippen LogP contribution in [0.1, 0.15) is 52.7 Å². The second-order valence-corrected chi connectivity index (χ2v) is 9.64. The lowest BCUT2D eigenvalue weighted by atomic mass is 9.87. The maximum atomic E-state index is 13.3. The molecule has 0 spiro atoms. The van der Waals surface area contributed by atoms with E-state index in [0.29, 0.717) is 16.8 Å². The number of benzene rings is 2. The molecular weight excluding hydrogens is 430 g/mol. The van der Waals surface area contributed by atoms with Gasteiger partial charge in [0.05, 0.1) is 24.8 Å². The summed E-state index contributed by atoms with van der Waals surface area (Å²) in [7, 11) is 0. The van der Waals surface area contributed by atoms with E-state index in [0.717, 1.165) is 5.69 Å². The molecule has 2 aromatic rings. The maximum Gasteiger partial charge on any atom is 0.278 e. The van der Waals surface area contributed by atoms with Crippen molar-refractivity contribution < 1.29 is 19.1 Å². The zero-order valence-electron chi connectivity index (χ0n) is 20.7. The first-order valence-electron chi connectivity index (χ1n) is 11.4. The van der Waals surface area contributed by atoms with Crippen LogP contribution in [0.2, 0.25) is 0 Å². The van der Waals surface area contributed by atoms with Gasteiger partial charge in [-0.3, -0.25) is 19.3 Å². The Morgan fingerprint density at radius 3 is 2.06 bits per heavy atom. The average Bonchev–Trinajstić information content (AvgIpc) is 2.98. The van der Waals surface area contributed by atoms with Gasteiger partial charge in [0.2, 0.25) is 5.91 Å². The van der Waals surface area contributed by atoms with Gasteiger partial charge in [-0.2, -0.15) is 0 Å². The zero-order chi connectivity index (χ0) is 25.0. The molecule has 0 saturated heterocycles. The van der Waals surface area contributed by atoms with Gasteiger partial charge in [-0.15, -0.1) is 0 Å². The summed E-state index contributed by atoms with van der Waals surface area (Å²) >= 11 is 0. The van der Waals surface area contributed by atoms with E-state index in [1.807, 2.05) is 38.1 Å². The highest BCUT2D eigenvalue weighted by atomic mass is 16.5. The highest BCUT2D eigenvalue weighted by molar-refractivity contribution is 6.36. The Kier molecular flexibility index (Phi) is 7.57. The van der Waals surface area contributed by atoms with Crippen molar-refractivity contribution in [2.45, 2.75) is 53.1 Å². The first-order valence-corrected chi connectivity index (χ1v) is 11.4. The number of rotatable bonds is 8. The third kappa shape index (κ3) is 5.91. The number of anilines is 2. The fourth-order valence-corrected chi connectivity index (χ4v) is 3.66. The van der Waals surface area contributed by atoms with Crippen LogP contribution >= 0.6 is 0 Å². The number of hydrogen-bond acceptors (Lipinski definition) is 5. The Morgan fingerprint density at radius 1 is 0.941 bits per heavy atom. The molecule has 0 radical (unpaired) electrons. The first-order chi connectivity index (χ1) is 16.0. The second-order valence-electron chi connectivity index (χ2n) is 9.64. The van der Waals surface area contributed by atoms with Crippen LogP contribution in [-0.2, 0) is 24.5 Å². The van der Waals surface area contributed by atoms with Gasteiger partial charge < -0.3 is 15.4 Å². The average molecular weight is 464 g/mol. The largest absolute Gasteiger partial charge is 0.377 e. The van der Waals surface area contributed by atoms with E-state index in [1.54, 1.807) is 24.3 Å². The summed E-state index contributed by atoms with van der Waals surface area (Å²) in [6, 6.07) is 14.7. The van der Waals surface area contributed by atoms with E-state index in [2.05, 4.69) is 31.4 Å². The summed E-state index contributed by atoms with van der Waals surface area (Å²) < 4.78 is 5.57. The summed E-state index contributed by atoms with van der Waals surface area (Å²) in [6.07, 6.45) is 0.000448. The molecule has 2 aromatic carbocycles. The van der Waals surface area contributed by atoms with Gasteiger partial charge in [-0.25, -0.2) is 0 Å². The van der Waals surface area contributed by atoms with E-state index < -0.39 is 5.91 Å². The lowest BCUT2D eigenvalue weighted by Crippen LogP contribution is -2.35. The molecule has 2 N–H and O–H groups in total. The van der Waals surface area contributed by atoms with E-state index in [1.165, 1.54) is 17.4 Å². The van der Waals surface area contributed by atoms with Crippen LogP contribution in [0.4, 0.5) is 11.4 Å². The third-order valence-corrected chi connectivity index (χ3v) is 5.45. The lowest BCUT2D eigenvalue weighted by Gasteiger charge is -2.19. The van der Waals surface area contributed by atoms with Crippen molar-refractivity contribution in [1.29, 1.82) is 0 Å². The van der Waals surface area contributed by atoms with Crippen LogP contribution in [0.3, 0.4) is 0 Å². The molecule has 0 bridgehead atoms. The molecule has 1 aliphatic rings. The van der Waals surface area contributed by atoms with Gasteiger partial charge in [-0.1, -0.05) is 45.0 Å². The van der Waals surface area contributed by atoms with Crippen molar-refractivity contribution in [3.05, 3.63) is 65.4 Å². The summed E-state index contributed by atoms with van der Waals surface area (Å²) in [6.45, 7) is 12.1. The van der Waals surface area contributed by atoms with Gasteiger partial charge >= 0.3 is 0 Å². The lowest BCUT2D eigenvalue weighted by molar-refractivity contribution is -0.138. The van der Waals surface area contributed by atoms with Crippen LogP contribution in [0, 0.1) is 0 Å². The number of ether oxygens (including phenoxy) is 1. The molecule has 1 aliphatic heterocycles.